The van der Waals surface area contributed by atoms with E-state index in [9.17, 15) is 4.57 Å². The zero-order valence-corrected chi connectivity index (χ0v) is 22.5. The van der Waals surface area contributed by atoms with E-state index in [-0.39, 0.29) is 0 Å². The van der Waals surface area contributed by atoms with Crippen LogP contribution in [0.25, 0.3) is 0 Å². The second-order valence-electron chi connectivity index (χ2n) is 9.16. The topological polar surface area (TPSA) is 35.5 Å². The average Bonchev–Trinajstić information content (AvgIpc) is 2.79. The molecule has 0 aliphatic rings. The summed E-state index contributed by atoms with van der Waals surface area (Å²) in [6.45, 7) is 10.4. The molecule has 0 spiro atoms. The third-order valence-electron chi connectivity index (χ3n) is 6.15. The molecule has 4 heteroatoms. The predicted octanol–water partition coefficient (Wildman–Crippen LogP) is 9.34. The van der Waals surface area contributed by atoms with Crippen LogP contribution < -0.4 is 9.05 Å². The van der Waals surface area contributed by atoms with Crippen LogP contribution in [0.2, 0.25) is 0 Å². The van der Waals surface area contributed by atoms with Crippen LogP contribution >= 0.6 is 7.60 Å². The van der Waals surface area contributed by atoms with E-state index in [0.717, 1.165) is 88.5 Å². The monoisotopic (exact) mass is 472 g/mol. The van der Waals surface area contributed by atoms with E-state index in [1.165, 1.54) is 22.3 Å². The summed E-state index contributed by atoms with van der Waals surface area (Å²) < 4.78 is 25.9. The minimum absolute atomic E-state index is 0.722. The van der Waals surface area contributed by atoms with Crippen LogP contribution in [0, 0.1) is 0 Å². The molecule has 0 N–H and O–H groups in total. The molecule has 0 aliphatic carbocycles. The first-order valence-corrected chi connectivity index (χ1v) is 15.1. The third-order valence-corrected chi connectivity index (χ3v) is 7.21. The van der Waals surface area contributed by atoms with Crippen molar-refractivity contribution in [3.05, 3.63) is 58.7 Å². The maximum absolute atomic E-state index is 13.6. The van der Waals surface area contributed by atoms with E-state index in [1.54, 1.807) is 6.66 Å². The van der Waals surface area contributed by atoms with Gasteiger partial charge in [-0.15, -0.1) is 0 Å². The van der Waals surface area contributed by atoms with Gasteiger partial charge in [0.2, 0.25) is 0 Å². The zero-order valence-electron chi connectivity index (χ0n) is 21.6. The molecule has 0 aliphatic heterocycles. The Balaban J connectivity index is 2.32. The fourth-order valence-corrected chi connectivity index (χ4v) is 5.34. The fraction of sp³-hybridized carbons (Fsp3) is 0.586. The highest BCUT2D eigenvalue weighted by molar-refractivity contribution is 7.53. The van der Waals surface area contributed by atoms with E-state index in [2.05, 4.69) is 39.8 Å². The highest BCUT2D eigenvalue weighted by Gasteiger charge is 2.25. The smallest absolute Gasteiger partial charge is 0.416 e. The van der Waals surface area contributed by atoms with Crippen molar-refractivity contribution in [2.24, 2.45) is 0 Å². The predicted molar refractivity (Wildman–Crippen MR) is 142 cm³/mol. The molecular formula is C29H45O3P. The maximum Gasteiger partial charge on any atom is 0.427 e. The lowest BCUT2D eigenvalue weighted by atomic mass is 9.97. The molecule has 184 valence electrons. The molecule has 0 heterocycles. The Bertz CT molecular complexity index is 821. The molecular weight excluding hydrogens is 427 g/mol. The molecule has 2 aromatic carbocycles. The molecule has 2 aromatic rings. The summed E-state index contributed by atoms with van der Waals surface area (Å²) in [4.78, 5) is 0. The van der Waals surface area contributed by atoms with Gasteiger partial charge in [-0.25, -0.2) is 4.57 Å². The van der Waals surface area contributed by atoms with Gasteiger partial charge in [-0.3, -0.25) is 0 Å². The van der Waals surface area contributed by atoms with Gasteiger partial charge < -0.3 is 9.05 Å². The lowest BCUT2D eigenvalue weighted by molar-refractivity contribution is 0.389. The Morgan fingerprint density at radius 2 is 0.970 bits per heavy atom. The van der Waals surface area contributed by atoms with Crippen molar-refractivity contribution < 1.29 is 13.6 Å². The van der Waals surface area contributed by atoms with Crippen LogP contribution in [-0.4, -0.2) is 6.66 Å². The summed E-state index contributed by atoms with van der Waals surface area (Å²) in [6.07, 6.45) is 13.0. The Morgan fingerprint density at radius 3 is 1.33 bits per heavy atom. The first-order valence-electron chi connectivity index (χ1n) is 13.1. The SMILES string of the molecule is CCCCc1cccc(OP(C)(=O)Oc2cccc(CCCC)c2CCCC)c1CCCC. The van der Waals surface area contributed by atoms with E-state index in [4.69, 9.17) is 9.05 Å². The molecule has 0 bridgehead atoms. The number of benzene rings is 2. The van der Waals surface area contributed by atoms with E-state index >= 15 is 0 Å². The first-order chi connectivity index (χ1) is 16.0. The number of rotatable bonds is 16. The van der Waals surface area contributed by atoms with Crippen molar-refractivity contribution in [3.63, 3.8) is 0 Å². The molecule has 0 aromatic heterocycles. The molecule has 0 unspecified atom stereocenters. The molecule has 0 atom stereocenters. The van der Waals surface area contributed by atoms with Gasteiger partial charge in [-0.05, 0) is 85.8 Å². The molecule has 0 saturated heterocycles. The van der Waals surface area contributed by atoms with Crippen molar-refractivity contribution >= 4 is 7.60 Å². The minimum Gasteiger partial charge on any atom is -0.416 e. The standard InChI is InChI=1S/C29H45O3P/c1-6-10-16-24-18-14-22-28(26(24)20-12-8-3)31-33(5,30)32-29-23-15-19-25(17-11-7-2)27(29)21-13-9-4/h14-15,18-19,22-23H,6-13,16-17,20-21H2,1-5H3. The van der Waals surface area contributed by atoms with Gasteiger partial charge in [-0.1, -0.05) is 77.6 Å². The minimum atomic E-state index is -3.35. The molecule has 0 fully saturated rings. The van der Waals surface area contributed by atoms with Crippen LogP contribution in [0.4, 0.5) is 0 Å². The Hall–Kier alpha value is -1.73. The quantitative estimate of drug-likeness (QED) is 0.228. The lowest BCUT2D eigenvalue weighted by Gasteiger charge is -2.22. The molecule has 33 heavy (non-hydrogen) atoms. The van der Waals surface area contributed by atoms with E-state index in [1.807, 2.05) is 24.3 Å². The number of unbranched alkanes of at least 4 members (excludes halogenated alkanes) is 4. The van der Waals surface area contributed by atoms with Gasteiger partial charge in [-0.2, -0.15) is 0 Å². The Kier molecular flexibility index (Phi) is 12.1. The van der Waals surface area contributed by atoms with Gasteiger partial charge in [0, 0.05) is 0 Å². The summed E-state index contributed by atoms with van der Waals surface area (Å²) in [5.41, 5.74) is 5.02. The number of aryl methyl sites for hydroxylation is 2. The zero-order chi connectivity index (χ0) is 24.1. The fourth-order valence-electron chi connectivity index (χ4n) is 4.25. The molecule has 0 radical (unpaired) electrons. The van der Waals surface area contributed by atoms with Crippen LogP contribution in [0.3, 0.4) is 0 Å². The van der Waals surface area contributed by atoms with Crippen LogP contribution in [0.15, 0.2) is 36.4 Å². The summed E-state index contributed by atoms with van der Waals surface area (Å²) in [6, 6.07) is 12.3. The van der Waals surface area contributed by atoms with Gasteiger partial charge in [0.1, 0.15) is 11.5 Å². The highest BCUT2D eigenvalue weighted by atomic mass is 31.2. The number of hydrogen-bond donors (Lipinski definition) is 0. The maximum atomic E-state index is 13.6. The van der Waals surface area contributed by atoms with Crippen LogP contribution in [0.5, 0.6) is 11.5 Å². The lowest BCUT2D eigenvalue weighted by Crippen LogP contribution is -2.06. The van der Waals surface area contributed by atoms with Crippen molar-refractivity contribution in [2.75, 3.05) is 6.66 Å². The molecule has 2 rings (SSSR count). The van der Waals surface area contributed by atoms with Crippen LogP contribution in [-0.2, 0) is 30.2 Å². The summed E-state index contributed by atoms with van der Waals surface area (Å²) in [5.74, 6) is 1.44. The Morgan fingerprint density at radius 1 is 0.606 bits per heavy atom. The second-order valence-corrected chi connectivity index (χ2v) is 11.1. The molecule has 3 nitrogen and oxygen atoms in total. The van der Waals surface area contributed by atoms with Gasteiger partial charge in [0.25, 0.3) is 0 Å². The van der Waals surface area contributed by atoms with Crippen molar-refractivity contribution in [1.29, 1.82) is 0 Å². The highest BCUT2D eigenvalue weighted by Crippen LogP contribution is 2.48. The average molecular weight is 473 g/mol. The molecule has 0 amide bonds. The largest absolute Gasteiger partial charge is 0.427 e. The number of hydrogen-bond acceptors (Lipinski definition) is 3. The summed E-state index contributed by atoms with van der Waals surface area (Å²) in [5, 5.41) is 0. The van der Waals surface area contributed by atoms with E-state index < -0.39 is 7.60 Å². The first kappa shape index (κ1) is 27.5. The van der Waals surface area contributed by atoms with Gasteiger partial charge >= 0.3 is 7.60 Å². The summed E-state index contributed by atoms with van der Waals surface area (Å²) in [7, 11) is -3.35. The van der Waals surface area contributed by atoms with Gasteiger partial charge in [0.15, 0.2) is 0 Å². The van der Waals surface area contributed by atoms with Crippen molar-refractivity contribution in [2.45, 2.75) is 105 Å². The Labute approximate surface area is 202 Å². The van der Waals surface area contributed by atoms with Crippen molar-refractivity contribution in [3.8, 4) is 11.5 Å². The normalized spacial score (nSPS) is 11.5. The second kappa shape index (κ2) is 14.5. The third kappa shape index (κ3) is 8.85. The van der Waals surface area contributed by atoms with Crippen LogP contribution in [0.1, 0.15) is 101 Å². The van der Waals surface area contributed by atoms with Crippen molar-refractivity contribution in [1.82, 2.24) is 0 Å². The van der Waals surface area contributed by atoms with E-state index in [0.29, 0.717) is 0 Å². The van der Waals surface area contributed by atoms with Gasteiger partial charge in [0.05, 0.1) is 6.66 Å². The summed E-state index contributed by atoms with van der Waals surface area (Å²) >= 11 is 0. The molecule has 0 saturated carbocycles.